The highest BCUT2D eigenvalue weighted by molar-refractivity contribution is 7.22. The van der Waals surface area contributed by atoms with Crippen LogP contribution < -0.4 is 4.90 Å². The third-order valence-electron chi connectivity index (χ3n) is 5.03. The average molecular weight is 439 g/mol. The van der Waals surface area contributed by atoms with Gasteiger partial charge in [0.1, 0.15) is 5.82 Å². The Kier molecular flexibility index (Phi) is 6.21. The minimum atomic E-state index is -4.39. The van der Waals surface area contributed by atoms with Crippen molar-refractivity contribution in [3.05, 3.63) is 59.4 Å². The zero-order valence-electron chi connectivity index (χ0n) is 16.2. The zero-order valence-corrected chi connectivity index (χ0v) is 17.0. The van der Waals surface area contributed by atoms with Gasteiger partial charge >= 0.3 is 6.18 Å². The molecule has 0 amide bonds. The van der Waals surface area contributed by atoms with Gasteiger partial charge in [-0.05, 0) is 35.9 Å². The van der Waals surface area contributed by atoms with E-state index in [1.54, 1.807) is 6.07 Å². The summed E-state index contributed by atoms with van der Waals surface area (Å²) in [6.45, 7) is 4.86. The zero-order chi connectivity index (χ0) is 21.1. The number of morpholine rings is 1. The first-order valence-electron chi connectivity index (χ1n) is 9.66. The van der Waals surface area contributed by atoms with Crippen molar-refractivity contribution in [1.82, 2.24) is 9.88 Å². The lowest BCUT2D eigenvalue weighted by Crippen LogP contribution is -2.41. The van der Waals surface area contributed by atoms with Crippen molar-refractivity contribution in [3.63, 3.8) is 0 Å². The second kappa shape index (κ2) is 8.87. The number of alkyl halides is 3. The average Bonchev–Trinajstić information content (AvgIpc) is 3.14. The Hall–Kier alpha value is -2.23. The first kappa shape index (κ1) is 21.0. The van der Waals surface area contributed by atoms with Crippen LogP contribution in [0.5, 0.6) is 0 Å². The third kappa shape index (κ3) is 5.08. The van der Waals surface area contributed by atoms with Gasteiger partial charge in [-0.2, -0.15) is 13.2 Å². The molecule has 9 heteroatoms. The van der Waals surface area contributed by atoms with Crippen LogP contribution >= 0.6 is 11.3 Å². The quantitative estimate of drug-likeness (QED) is 0.517. The molecule has 1 saturated heterocycles. The van der Waals surface area contributed by atoms with Crippen LogP contribution in [0.3, 0.4) is 0 Å². The normalized spacial score (nSPS) is 15.6. The summed E-state index contributed by atoms with van der Waals surface area (Å²) in [5.41, 5.74) is 0.626. The number of hydrogen-bond acceptors (Lipinski definition) is 5. The molecule has 1 aromatic heterocycles. The highest BCUT2D eigenvalue weighted by Crippen LogP contribution is 2.35. The second-order valence-electron chi connectivity index (χ2n) is 7.18. The number of aromatic nitrogens is 1. The molecule has 3 aromatic rings. The van der Waals surface area contributed by atoms with Gasteiger partial charge in [0, 0.05) is 32.7 Å². The molecule has 1 fully saturated rings. The van der Waals surface area contributed by atoms with E-state index in [1.165, 1.54) is 29.5 Å². The number of thiazole rings is 1. The SMILES string of the molecule is Fc1cccc(CN(CCN2CCOCC2)c2nc3ccc(C(F)(F)F)cc3s2)c1. The van der Waals surface area contributed by atoms with Crippen molar-refractivity contribution in [2.45, 2.75) is 12.7 Å². The monoisotopic (exact) mass is 439 g/mol. The molecule has 160 valence electrons. The molecule has 0 atom stereocenters. The lowest BCUT2D eigenvalue weighted by atomic mass is 10.2. The van der Waals surface area contributed by atoms with Gasteiger partial charge in [-0.3, -0.25) is 4.90 Å². The molecule has 0 bridgehead atoms. The summed E-state index contributed by atoms with van der Waals surface area (Å²) in [6, 6.07) is 9.93. The van der Waals surface area contributed by atoms with Crippen molar-refractivity contribution in [2.75, 3.05) is 44.3 Å². The molecule has 1 aliphatic heterocycles. The van der Waals surface area contributed by atoms with Gasteiger partial charge in [0.15, 0.2) is 5.13 Å². The number of fused-ring (bicyclic) bond motifs is 1. The largest absolute Gasteiger partial charge is 0.416 e. The second-order valence-corrected chi connectivity index (χ2v) is 8.19. The van der Waals surface area contributed by atoms with Crippen LogP contribution in [0.15, 0.2) is 42.5 Å². The highest BCUT2D eigenvalue weighted by atomic mass is 32.1. The molecule has 0 unspecified atom stereocenters. The third-order valence-corrected chi connectivity index (χ3v) is 6.11. The van der Waals surface area contributed by atoms with E-state index >= 15 is 0 Å². The summed E-state index contributed by atoms with van der Waals surface area (Å²) in [5, 5.41) is 0.627. The minimum Gasteiger partial charge on any atom is -0.379 e. The predicted octanol–water partition coefficient (Wildman–Crippen LogP) is 4.79. The van der Waals surface area contributed by atoms with E-state index in [4.69, 9.17) is 4.74 Å². The van der Waals surface area contributed by atoms with Crippen molar-refractivity contribution >= 4 is 26.7 Å². The van der Waals surface area contributed by atoms with Gasteiger partial charge in [0.25, 0.3) is 0 Å². The standard InChI is InChI=1S/C21H21F4N3OS/c22-17-3-1-2-15(12-17)14-28(7-6-27-8-10-29-11-9-27)20-26-18-5-4-16(21(23,24)25)13-19(18)30-20/h1-5,12-13H,6-11,14H2. The number of benzene rings is 2. The molecule has 0 aliphatic carbocycles. The lowest BCUT2D eigenvalue weighted by molar-refractivity contribution is -0.137. The Morgan fingerprint density at radius 1 is 1.10 bits per heavy atom. The summed E-state index contributed by atoms with van der Waals surface area (Å²) in [6.07, 6.45) is -4.39. The van der Waals surface area contributed by atoms with Crippen molar-refractivity contribution < 1.29 is 22.3 Å². The fraction of sp³-hybridized carbons (Fsp3) is 0.381. The van der Waals surface area contributed by atoms with Crippen molar-refractivity contribution in [1.29, 1.82) is 0 Å². The molecule has 30 heavy (non-hydrogen) atoms. The van der Waals surface area contributed by atoms with E-state index in [2.05, 4.69) is 9.88 Å². The summed E-state index contributed by atoms with van der Waals surface area (Å²) in [4.78, 5) is 8.84. The highest BCUT2D eigenvalue weighted by Gasteiger charge is 2.31. The van der Waals surface area contributed by atoms with Crippen LogP contribution in [0.25, 0.3) is 10.2 Å². The number of rotatable bonds is 6. The molecular formula is C21H21F4N3OS. The van der Waals surface area contributed by atoms with E-state index in [1.807, 2.05) is 11.0 Å². The molecular weight excluding hydrogens is 418 g/mol. The number of ether oxygens (including phenoxy) is 1. The summed E-state index contributed by atoms with van der Waals surface area (Å²) in [5.74, 6) is -0.320. The molecule has 0 spiro atoms. The summed E-state index contributed by atoms with van der Waals surface area (Å²) < 4.78 is 58.7. The number of nitrogens with zero attached hydrogens (tertiary/aromatic N) is 3. The lowest BCUT2D eigenvalue weighted by Gasteiger charge is -2.30. The Morgan fingerprint density at radius 3 is 2.63 bits per heavy atom. The van der Waals surface area contributed by atoms with Crippen molar-refractivity contribution in [3.8, 4) is 0 Å². The van der Waals surface area contributed by atoms with Gasteiger partial charge < -0.3 is 9.64 Å². The van der Waals surface area contributed by atoms with Crippen LogP contribution in [0.4, 0.5) is 22.7 Å². The Balaban J connectivity index is 1.60. The van der Waals surface area contributed by atoms with Crippen LogP contribution in [0.1, 0.15) is 11.1 Å². The van der Waals surface area contributed by atoms with Crippen LogP contribution in [0, 0.1) is 5.82 Å². The fourth-order valence-electron chi connectivity index (χ4n) is 3.41. The predicted molar refractivity (Wildman–Crippen MR) is 109 cm³/mol. The number of anilines is 1. The molecule has 2 heterocycles. The van der Waals surface area contributed by atoms with E-state index in [0.29, 0.717) is 41.7 Å². The van der Waals surface area contributed by atoms with Gasteiger partial charge in [-0.15, -0.1) is 0 Å². The summed E-state index contributed by atoms with van der Waals surface area (Å²) in [7, 11) is 0. The topological polar surface area (TPSA) is 28.6 Å². The maximum absolute atomic E-state index is 13.7. The van der Waals surface area contributed by atoms with Gasteiger partial charge in [0.2, 0.25) is 0 Å². The summed E-state index contributed by atoms with van der Waals surface area (Å²) >= 11 is 1.22. The Morgan fingerprint density at radius 2 is 1.90 bits per heavy atom. The Bertz CT molecular complexity index is 1000. The van der Waals surface area contributed by atoms with E-state index in [-0.39, 0.29) is 5.82 Å². The minimum absolute atomic E-state index is 0.320. The maximum Gasteiger partial charge on any atom is 0.416 e. The van der Waals surface area contributed by atoms with Gasteiger partial charge in [-0.1, -0.05) is 23.5 Å². The Labute approximate surface area is 175 Å². The number of halogens is 4. The molecule has 4 rings (SSSR count). The van der Waals surface area contributed by atoms with Gasteiger partial charge in [0.05, 0.1) is 29.0 Å². The fourth-order valence-corrected chi connectivity index (χ4v) is 4.44. The first-order chi connectivity index (χ1) is 14.4. The van der Waals surface area contributed by atoms with Crippen LogP contribution in [0.2, 0.25) is 0 Å². The molecule has 0 saturated carbocycles. The molecule has 0 N–H and O–H groups in total. The first-order valence-corrected chi connectivity index (χ1v) is 10.5. The maximum atomic E-state index is 13.7. The van der Waals surface area contributed by atoms with E-state index in [0.717, 1.165) is 37.3 Å². The van der Waals surface area contributed by atoms with Crippen LogP contribution in [-0.4, -0.2) is 49.3 Å². The van der Waals surface area contributed by atoms with E-state index < -0.39 is 11.7 Å². The smallest absolute Gasteiger partial charge is 0.379 e. The molecule has 4 nitrogen and oxygen atoms in total. The van der Waals surface area contributed by atoms with E-state index in [9.17, 15) is 17.6 Å². The molecule has 1 aliphatic rings. The number of hydrogen-bond donors (Lipinski definition) is 0. The van der Waals surface area contributed by atoms with Crippen molar-refractivity contribution in [2.24, 2.45) is 0 Å². The molecule has 2 aromatic carbocycles. The molecule has 0 radical (unpaired) electrons. The van der Waals surface area contributed by atoms with Crippen LogP contribution in [-0.2, 0) is 17.5 Å². The van der Waals surface area contributed by atoms with Gasteiger partial charge in [-0.25, -0.2) is 9.37 Å².